The first-order valence-electron chi connectivity index (χ1n) is 6.18. The SMILES string of the molecule is CSc1cccc2sc(NC(=O)c3ccc(Br)cc3)nc12. The number of para-hydroxylation sites is 1. The van der Waals surface area contributed by atoms with Crippen molar-refractivity contribution in [3.8, 4) is 0 Å². The second-order valence-corrected chi connectivity index (χ2v) is 7.08. The molecular weight excluding hydrogens is 368 g/mol. The summed E-state index contributed by atoms with van der Waals surface area (Å²) >= 11 is 6.50. The smallest absolute Gasteiger partial charge is 0.257 e. The quantitative estimate of drug-likeness (QED) is 0.649. The first-order chi connectivity index (χ1) is 10.2. The van der Waals surface area contributed by atoms with Crippen LogP contribution in [0.5, 0.6) is 0 Å². The average Bonchev–Trinajstić information content (AvgIpc) is 2.90. The summed E-state index contributed by atoms with van der Waals surface area (Å²) in [6.07, 6.45) is 2.02. The molecule has 106 valence electrons. The van der Waals surface area contributed by atoms with Gasteiger partial charge in [0, 0.05) is 14.9 Å². The van der Waals surface area contributed by atoms with Gasteiger partial charge in [-0.25, -0.2) is 4.98 Å². The molecule has 0 bridgehead atoms. The van der Waals surface area contributed by atoms with E-state index in [1.54, 1.807) is 23.9 Å². The van der Waals surface area contributed by atoms with E-state index in [2.05, 4.69) is 26.2 Å². The van der Waals surface area contributed by atoms with Gasteiger partial charge in [-0.05, 0) is 42.7 Å². The lowest BCUT2D eigenvalue weighted by Crippen LogP contribution is -2.11. The van der Waals surface area contributed by atoms with Crippen LogP contribution in [0.25, 0.3) is 10.2 Å². The van der Waals surface area contributed by atoms with Gasteiger partial charge in [0.1, 0.15) is 0 Å². The van der Waals surface area contributed by atoms with Crippen molar-refractivity contribution in [2.24, 2.45) is 0 Å². The van der Waals surface area contributed by atoms with E-state index in [9.17, 15) is 4.79 Å². The summed E-state index contributed by atoms with van der Waals surface area (Å²) in [4.78, 5) is 17.8. The molecule has 0 saturated carbocycles. The first kappa shape index (κ1) is 14.6. The van der Waals surface area contributed by atoms with Gasteiger partial charge in [-0.15, -0.1) is 11.8 Å². The zero-order valence-corrected chi connectivity index (χ0v) is 14.3. The summed E-state index contributed by atoms with van der Waals surface area (Å²) in [6.45, 7) is 0. The molecule has 0 fully saturated rings. The lowest BCUT2D eigenvalue weighted by Gasteiger charge is -2.01. The predicted octanol–water partition coefficient (Wildman–Crippen LogP) is 5.03. The number of halogens is 1. The number of hydrogen-bond acceptors (Lipinski definition) is 4. The molecule has 2 aromatic carbocycles. The highest BCUT2D eigenvalue weighted by Crippen LogP contribution is 2.32. The third-order valence-corrected chi connectivity index (χ3v) is 5.16. The standard InChI is InChI=1S/C15H11BrN2OS2/c1-20-11-3-2-4-12-13(11)17-15(21-12)18-14(19)9-5-7-10(16)8-6-9/h2-8H,1H3,(H,17,18,19). The van der Waals surface area contributed by atoms with Crippen molar-refractivity contribution < 1.29 is 4.79 Å². The van der Waals surface area contributed by atoms with Crippen LogP contribution in [0.15, 0.2) is 51.8 Å². The number of thiazole rings is 1. The molecule has 0 aliphatic carbocycles. The van der Waals surface area contributed by atoms with E-state index in [-0.39, 0.29) is 5.91 Å². The van der Waals surface area contributed by atoms with Crippen molar-refractivity contribution in [1.82, 2.24) is 4.98 Å². The van der Waals surface area contributed by atoms with E-state index in [4.69, 9.17) is 0 Å². The normalized spacial score (nSPS) is 10.8. The summed E-state index contributed by atoms with van der Waals surface area (Å²) < 4.78 is 2.02. The Morgan fingerprint density at radius 2 is 2.00 bits per heavy atom. The van der Waals surface area contributed by atoms with E-state index in [1.807, 2.05) is 36.6 Å². The number of benzene rings is 2. The van der Waals surface area contributed by atoms with Gasteiger partial charge in [-0.2, -0.15) is 0 Å². The number of aromatic nitrogens is 1. The third kappa shape index (κ3) is 3.12. The minimum atomic E-state index is -0.146. The molecule has 3 nitrogen and oxygen atoms in total. The first-order valence-corrected chi connectivity index (χ1v) is 9.01. The summed E-state index contributed by atoms with van der Waals surface area (Å²) in [5.41, 5.74) is 1.56. The maximum Gasteiger partial charge on any atom is 0.257 e. The Morgan fingerprint density at radius 1 is 1.24 bits per heavy atom. The number of amides is 1. The molecule has 0 spiro atoms. The van der Waals surface area contributed by atoms with Crippen LogP contribution >= 0.6 is 39.0 Å². The van der Waals surface area contributed by atoms with Crippen LogP contribution in [-0.2, 0) is 0 Å². The van der Waals surface area contributed by atoms with Gasteiger partial charge in [0.25, 0.3) is 5.91 Å². The molecule has 1 heterocycles. The highest BCUT2D eigenvalue weighted by molar-refractivity contribution is 9.10. The predicted molar refractivity (Wildman–Crippen MR) is 93.5 cm³/mol. The summed E-state index contributed by atoms with van der Waals surface area (Å²) in [7, 11) is 0. The monoisotopic (exact) mass is 378 g/mol. The van der Waals surface area contributed by atoms with Crippen molar-refractivity contribution in [2.45, 2.75) is 4.90 Å². The van der Waals surface area contributed by atoms with E-state index in [1.165, 1.54) is 11.3 Å². The van der Waals surface area contributed by atoms with Crippen LogP contribution in [0.3, 0.4) is 0 Å². The average molecular weight is 379 g/mol. The molecule has 0 saturated heterocycles. The third-order valence-electron chi connectivity index (χ3n) is 2.93. The van der Waals surface area contributed by atoms with Crippen LogP contribution in [0.4, 0.5) is 5.13 Å². The lowest BCUT2D eigenvalue weighted by molar-refractivity contribution is 0.102. The zero-order chi connectivity index (χ0) is 14.8. The second kappa shape index (κ2) is 6.17. The molecule has 21 heavy (non-hydrogen) atoms. The van der Waals surface area contributed by atoms with E-state index in [0.717, 1.165) is 19.6 Å². The maximum atomic E-state index is 12.2. The molecule has 0 unspecified atom stereocenters. The van der Waals surface area contributed by atoms with Crippen LogP contribution < -0.4 is 5.32 Å². The van der Waals surface area contributed by atoms with Crippen molar-refractivity contribution in [3.63, 3.8) is 0 Å². The van der Waals surface area contributed by atoms with Crippen LogP contribution in [-0.4, -0.2) is 17.1 Å². The molecule has 0 radical (unpaired) electrons. The Kier molecular flexibility index (Phi) is 4.28. The van der Waals surface area contributed by atoms with Gasteiger partial charge in [-0.1, -0.05) is 33.3 Å². The van der Waals surface area contributed by atoms with E-state index in [0.29, 0.717) is 10.7 Å². The zero-order valence-electron chi connectivity index (χ0n) is 11.1. The van der Waals surface area contributed by atoms with Crippen molar-refractivity contribution >= 4 is 60.3 Å². The van der Waals surface area contributed by atoms with Gasteiger partial charge < -0.3 is 0 Å². The molecule has 6 heteroatoms. The summed E-state index contributed by atoms with van der Waals surface area (Å²) in [5.74, 6) is -0.146. The Hall–Kier alpha value is -1.37. The second-order valence-electron chi connectivity index (χ2n) is 4.29. The highest BCUT2D eigenvalue weighted by Gasteiger charge is 2.11. The number of fused-ring (bicyclic) bond motifs is 1. The van der Waals surface area contributed by atoms with E-state index < -0.39 is 0 Å². The van der Waals surface area contributed by atoms with Gasteiger partial charge >= 0.3 is 0 Å². The highest BCUT2D eigenvalue weighted by atomic mass is 79.9. The molecule has 0 atom stereocenters. The van der Waals surface area contributed by atoms with Gasteiger partial charge in [0.15, 0.2) is 5.13 Å². The van der Waals surface area contributed by atoms with Gasteiger partial charge in [-0.3, -0.25) is 10.1 Å². The van der Waals surface area contributed by atoms with Crippen molar-refractivity contribution in [1.29, 1.82) is 0 Å². The number of hydrogen-bond donors (Lipinski definition) is 1. The molecule has 3 aromatic rings. The largest absolute Gasteiger partial charge is 0.298 e. The summed E-state index contributed by atoms with van der Waals surface area (Å²) in [5, 5.41) is 3.49. The molecule has 0 aliphatic rings. The number of nitrogens with zero attached hydrogens (tertiary/aromatic N) is 1. The fourth-order valence-electron chi connectivity index (χ4n) is 1.91. The Labute approximate surface area is 138 Å². The van der Waals surface area contributed by atoms with Crippen molar-refractivity contribution in [2.75, 3.05) is 11.6 Å². The Morgan fingerprint density at radius 3 is 2.71 bits per heavy atom. The maximum absolute atomic E-state index is 12.2. The molecule has 0 aliphatic heterocycles. The number of carbonyl (C=O) groups excluding carboxylic acids is 1. The minimum absolute atomic E-state index is 0.146. The molecule has 1 amide bonds. The fraction of sp³-hybridized carbons (Fsp3) is 0.0667. The molecule has 1 N–H and O–H groups in total. The lowest BCUT2D eigenvalue weighted by atomic mass is 10.2. The molecular formula is C15H11BrN2OS2. The van der Waals surface area contributed by atoms with Crippen LogP contribution in [0.2, 0.25) is 0 Å². The number of rotatable bonds is 3. The number of anilines is 1. The number of thioether (sulfide) groups is 1. The van der Waals surface area contributed by atoms with E-state index >= 15 is 0 Å². The minimum Gasteiger partial charge on any atom is -0.298 e. The molecule has 1 aromatic heterocycles. The van der Waals surface area contributed by atoms with Crippen molar-refractivity contribution in [3.05, 3.63) is 52.5 Å². The number of carbonyl (C=O) groups is 1. The van der Waals surface area contributed by atoms with Gasteiger partial charge in [0.05, 0.1) is 10.2 Å². The van der Waals surface area contributed by atoms with Crippen LogP contribution in [0, 0.1) is 0 Å². The fourth-order valence-corrected chi connectivity index (χ4v) is 3.69. The molecule has 3 rings (SSSR count). The summed E-state index contributed by atoms with van der Waals surface area (Å²) in [6, 6.07) is 13.3. The Balaban J connectivity index is 1.88. The Bertz CT molecular complexity index is 799. The van der Waals surface area contributed by atoms with Gasteiger partial charge in [0.2, 0.25) is 0 Å². The number of nitrogens with one attached hydrogen (secondary N) is 1. The topological polar surface area (TPSA) is 42.0 Å². The van der Waals surface area contributed by atoms with Crippen LogP contribution in [0.1, 0.15) is 10.4 Å².